The number of nitrogens with two attached hydrogens (primary N) is 2. The topological polar surface area (TPSA) is 68.2 Å². The maximum Gasteiger partial charge on any atom is 0.0823 e. The molecule has 0 bridgehead atoms. The zero-order chi connectivity index (χ0) is 18.0. The fourth-order valence-corrected chi connectivity index (χ4v) is 4.83. The van der Waals surface area contributed by atoms with E-state index in [1.807, 2.05) is 12.1 Å². The largest absolute Gasteiger partial charge is 0.372 e. The zero-order valence-corrected chi connectivity index (χ0v) is 15.8. The quantitative estimate of drug-likeness (QED) is 0.699. The van der Waals surface area contributed by atoms with E-state index in [-0.39, 0.29) is 0 Å². The van der Waals surface area contributed by atoms with E-state index >= 15 is 0 Å². The van der Waals surface area contributed by atoms with Crippen LogP contribution < -0.4 is 16.4 Å². The van der Waals surface area contributed by atoms with E-state index in [1.54, 1.807) is 0 Å². The summed E-state index contributed by atoms with van der Waals surface area (Å²) in [5.41, 5.74) is 15.8. The predicted octanol–water partition coefficient (Wildman–Crippen LogP) is 3.64. The van der Waals surface area contributed by atoms with E-state index in [0.29, 0.717) is 13.0 Å². The van der Waals surface area contributed by atoms with Crippen LogP contribution in [0.3, 0.4) is 0 Å². The molecule has 1 aliphatic rings. The first kappa shape index (κ1) is 17.5. The highest BCUT2D eigenvalue weighted by molar-refractivity contribution is 7.13. The third-order valence-corrected chi connectivity index (χ3v) is 6.19. The Bertz CT molecular complexity index is 867. The second-order valence-corrected chi connectivity index (χ2v) is 8.06. The van der Waals surface area contributed by atoms with Crippen molar-refractivity contribution < 1.29 is 0 Å². The SMILES string of the molecule is NCCC(N)(Cc1ccc(N2CCCC2)cc1)c1nsc2ccccc12. The van der Waals surface area contributed by atoms with Crippen LogP contribution >= 0.6 is 11.5 Å². The van der Waals surface area contributed by atoms with Crippen molar-refractivity contribution in [3.63, 3.8) is 0 Å². The standard InChI is InChI=1S/C21H26N4S/c22-12-11-21(23,20-18-5-1-2-6-19(18)26-24-20)15-16-7-9-17(10-8-16)25-13-3-4-14-25/h1-2,5-10H,3-4,11-15,22-23H2. The van der Waals surface area contributed by atoms with Crippen LogP contribution in [0.5, 0.6) is 0 Å². The summed E-state index contributed by atoms with van der Waals surface area (Å²) < 4.78 is 5.90. The lowest BCUT2D eigenvalue weighted by Crippen LogP contribution is -2.41. The summed E-state index contributed by atoms with van der Waals surface area (Å²) in [6, 6.07) is 17.2. The molecule has 3 aromatic rings. The summed E-state index contributed by atoms with van der Waals surface area (Å²) in [5, 5.41) is 1.15. The summed E-state index contributed by atoms with van der Waals surface area (Å²) in [4.78, 5) is 2.45. The number of rotatable bonds is 6. The first-order valence-corrected chi connectivity index (χ1v) is 10.1. The fourth-order valence-electron chi connectivity index (χ4n) is 3.96. The monoisotopic (exact) mass is 366 g/mol. The molecular weight excluding hydrogens is 340 g/mol. The molecule has 136 valence electrons. The van der Waals surface area contributed by atoms with Gasteiger partial charge in [-0.2, -0.15) is 4.37 Å². The van der Waals surface area contributed by atoms with Gasteiger partial charge < -0.3 is 16.4 Å². The number of anilines is 1. The van der Waals surface area contributed by atoms with E-state index in [9.17, 15) is 0 Å². The van der Waals surface area contributed by atoms with Crippen LogP contribution in [0.25, 0.3) is 10.1 Å². The first-order valence-electron chi connectivity index (χ1n) is 9.37. The Morgan fingerprint density at radius 1 is 1.04 bits per heavy atom. The Balaban J connectivity index is 1.62. The van der Waals surface area contributed by atoms with Crippen molar-refractivity contribution in [2.75, 3.05) is 24.5 Å². The minimum atomic E-state index is -0.538. The second-order valence-electron chi connectivity index (χ2n) is 7.26. The lowest BCUT2D eigenvalue weighted by molar-refractivity contribution is 0.407. The van der Waals surface area contributed by atoms with Crippen LogP contribution in [0.2, 0.25) is 0 Å². The minimum Gasteiger partial charge on any atom is -0.372 e. The molecule has 1 atom stereocenters. The Kier molecular flexibility index (Phi) is 4.94. The van der Waals surface area contributed by atoms with Gasteiger partial charge in [-0.15, -0.1) is 0 Å². The van der Waals surface area contributed by atoms with Gasteiger partial charge >= 0.3 is 0 Å². The number of hydrogen-bond acceptors (Lipinski definition) is 5. The van der Waals surface area contributed by atoms with Crippen molar-refractivity contribution >= 4 is 27.3 Å². The molecule has 5 heteroatoms. The molecule has 1 aromatic heterocycles. The molecule has 2 heterocycles. The van der Waals surface area contributed by atoms with Crippen LogP contribution in [0.1, 0.15) is 30.5 Å². The van der Waals surface area contributed by atoms with Gasteiger partial charge in [0, 0.05) is 24.2 Å². The van der Waals surface area contributed by atoms with Gasteiger partial charge in [0.05, 0.1) is 15.9 Å². The summed E-state index contributed by atoms with van der Waals surface area (Å²) >= 11 is 1.52. The number of benzene rings is 2. The van der Waals surface area contributed by atoms with Crippen molar-refractivity contribution in [2.45, 2.75) is 31.2 Å². The Morgan fingerprint density at radius 3 is 2.50 bits per heavy atom. The number of hydrogen-bond donors (Lipinski definition) is 2. The second kappa shape index (κ2) is 7.35. The average Bonchev–Trinajstić information content (AvgIpc) is 3.33. The Labute approximate surface area is 159 Å². The zero-order valence-electron chi connectivity index (χ0n) is 15.0. The molecule has 0 radical (unpaired) electrons. The van der Waals surface area contributed by atoms with Crippen molar-refractivity contribution in [1.82, 2.24) is 4.37 Å². The van der Waals surface area contributed by atoms with E-state index in [2.05, 4.69) is 41.3 Å². The molecule has 4 rings (SSSR count). The maximum absolute atomic E-state index is 6.89. The summed E-state index contributed by atoms with van der Waals surface area (Å²) in [6.07, 6.45) is 4.05. The molecule has 1 saturated heterocycles. The highest BCUT2D eigenvalue weighted by Crippen LogP contribution is 2.34. The minimum absolute atomic E-state index is 0.538. The first-order chi connectivity index (χ1) is 12.7. The lowest BCUT2D eigenvalue weighted by Gasteiger charge is -2.28. The van der Waals surface area contributed by atoms with Gasteiger partial charge in [0.1, 0.15) is 0 Å². The van der Waals surface area contributed by atoms with E-state index < -0.39 is 5.54 Å². The highest BCUT2D eigenvalue weighted by Gasteiger charge is 2.31. The third-order valence-electron chi connectivity index (χ3n) is 5.37. The molecule has 4 N–H and O–H groups in total. The molecule has 0 spiro atoms. The molecule has 2 aromatic carbocycles. The van der Waals surface area contributed by atoms with Gasteiger partial charge in [-0.1, -0.05) is 30.3 Å². The molecule has 1 fully saturated rings. The summed E-state index contributed by atoms with van der Waals surface area (Å²) in [6.45, 7) is 2.88. The molecule has 1 aliphatic heterocycles. The number of nitrogens with zero attached hydrogens (tertiary/aromatic N) is 2. The van der Waals surface area contributed by atoms with Gasteiger partial charge in [0.2, 0.25) is 0 Å². The van der Waals surface area contributed by atoms with E-state index in [0.717, 1.165) is 30.6 Å². The van der Waals surface area contributed by atoms with Crippen molar-refractivity contribution in [3.8, 4) is 0 Å². The van der Waals surface area contributed by atoms with Gasteiger partial charge in [-0.25, -0.2) is 0 Å². The van der Waals surface area contributed by atoms with Crippen LogP contribution in [-0.4, -0.2) is 24.0 Å². The van der Waals surface area contributed by atoms with Gasteiger partial charge in [0.15, 0.2) is 0 Å². The van der Waals surface area contributed by atoms with Gasteiger partial charge in [-0.05, 0) is 67.5 Å². The van der Waals surface area contributed by atoms with Gasteiger partial charge in [0.25, 0.3) is 0 Å². The van der Waals surface area contributed by atoms with Crippen LogP contribution in [-0.2, 0) is 12.0 Å². The highest BCUT2D eigenvalue weighted by atomic mass is 32.1. The molecule has 26 heavy (non-hydrogen) atoms. The molecular formula is C21H26N4S. The van der Waals surface area contributed by atoms with Crippen LogP contribution in [0.15, 0.2) is 48.5 Å². The average molecular weight is 367 g/mol. The fraction of sp³-hybridized carbons (Fsp3) is 0.381. The predicted molar refractivity (Wildman–Crippen MR) is 111 cm³/mol. The van der Waals surface area contributed by atoms with Crippen LogP contribution in [0.4, 0.5) is 5.69 Å². The van der Waals surface area contributed by atoms with Crippen molar-refractivity contribution in [2.24, 2.45) is 11.5 Å². The van der Waals surface area contributed by atoms with Crippen molar-refractivity contribution in [1.29, 1.82) is 0 Å². The maximum atomic E-state index is 6.89. The van der Waals surface area contributed by atoms with E-state index in [1.165, 1.54) is 40.3 Å². The number of fused-ring (bicyclic) bond motifs is 1. The normalized spacial score (nSPS) is 16.9. The summed E-state index contributed by atoms with van der Waals surface area (Å²) in [7, 11) is 0. The lowest BCUT2D eigenvalue weighted by atomic mass is 9.84. The van der Waals surface area contributed by atoms with Crippen molar-refractivity contribution in [3.05, 3.63) is 59.8 Å². The Hall–Kier alpha value is -1.95. The molecule has 0 aliphatic carbocycles. The smallest absolute Gasteiger partial charge is 0.0823 e. The number of aromatic nitrogens is 1. The van der Waals surface area contributed by atoms with Gasteiger partial charge in [-0.3, -0.25) is 0 Å². The third kappa shape index (κ3) is 3.34. The molecule has 0 amide bonds. The molecule has 0 saturated carbocycles. The van der Waals surface area contributed by atoms with E-state index in [4.69, 9.17) is 15.8 Å². The summed E-state index contributed by atoms with van der Waals surface area (Å²) in [5.74, 6) is 0. The molecule has 4 nitrogen and oxygen atoms in total. The Morgan fingerprint density at radius 2 is 1.77 bits per heavy atom. The molecule has 1 unspecified atom stereocenters. The van der Waals surface area contributed by atoms with Crippen LogP contribution in [0, 0.1) is 0 Å².